The molecule has 0 bridgehead atoms. The van der Waals surface area contributed by atoms with Gasteiger partial charge in [-0.1, -0.05) is 176 Å². The maximum Gasteiger partial charge on any atom is 1.00 e. The van der Waals surface area contributed by atoms with E-state index in [1.54, 1.807) is 66.7 Å². The number of hydrogen-bond acceptors (Lipinski definition) is 16. The smallest absolute Gasteiger partial charge is 0.870 e. The molecule has 582 valence electrons. The molecule has 0 saturated heterocycles. The fraction of sp³-hybridized carbons (Fsp3) is 0.189. The number of aliphatic carboxylic acids is 1. The van der Waals surface area contributed by atoms with Crippen LogP contribution in [0, 0.1) is 17.5 Å². The van der Waals surface area contributed by atoms with Crippen molar-refractivity contribution in [2.45, 2.75) is 37.4 Å². The van der Waals surface area contributed by atoms with E-state index in [4.69, 9.17) is 190 Å². The summed E-state index contributed by atoms with van der Waals surface area (Å²) in [6, 6.07) is 27.6. The molecule has 20 nitrogen and oxygen atoms in total. The van der Waals surface area contributed by atoms with Crippen molar-refractivity contribution in [3.8, 4) is 67.9 Å². The molecule has 0 fully saturated rings. The number of carboxylic acids is 1. The van der Waals surface area contributed by atoms with Gasteiger partial charge >= 0.3 is 36.8 Å². The SMILES string of the molecule is COC(=O)[C@@H](N)Cc1ccc(-c2c(Cl)cc(F)cc2Cl)c2c1OCCO2.COC(=O)[C@H](Cc1ccc(-c2c(Cl)cc(F)cc2Cl)c2c1OCCO2)NC(=O)c1c(Cl)cccc1Cl.O.O=C(Cl)c1c(Cl)cccc1Cl.O=C(N[C@@H](Cc1ccc(-c2c(Cl)cc(F)cc2Cl)c2c1OCCO2)C(=O)O)c1c(Cl)cccc1Cl.[Li+].[OH-]. The van der Waals surface area contributed by atoms with Gasteiger partial charge in [0.05, 0.1) is 91.2 Å². The monoisotopic (exact) mass is 1780 g/mol. The predicted molar refractivity (Wildman–Crippen MR) is 417 cm³/mol. The average Bonchev–Trinajstić information content (AvgIpc) is 0.779. The van der Waals surface area contributed by atoms with E-state index in [-0.39, 0.29) is 164 Å². The minimum atomic E-state index is -1.34. The largest absolute Gasteiger partial charge is 1.00 e. The van der Waals surface area contributed by atoms with Gasteiger partial charge < -0.3 is 70.3 Å². The molecule has 3 atom stereocenters. The Hall–Kier alpha value is -7.16. The van der Waals surface area contributed by atoms with E-state index in [9.17, 15) is 47.0 Å². The van der Waals surface area contributed by atoms with Gasteiger partial charge in [0.25, 0.3) is 17.1 Å². The van der Waals surface area contributed by atoms with E-state index in [0.29, 0.717) is 86.3 Å². The number of halogens is 16. The number of nitrogens with two attached hydrogens (primary N) is 1. The summed E-state index contributed by atoms with van der Waals surface area (Å²) in [5, 5.41) is 15.9. The molecule has 9 aromatic carbocycles. The molecule has 12 rings (SSSR count). The average molecular weight is 1780 g/mol. The van der Waals surface area contributed by atoms with Crippen molar-refractivity contribution < 1.29 is 115 Å². The summed E-state index contributed by atoms with van der Waals surface area (Å²) in [6.07, 6.45) is 0.0703. The number of amides is 2. The summed E-state index contributed by atoms with van der Waals surface area (Å²) in [5.41, 5.74) is 10.4. The summed E-state index contributed by atoms with van der Waals surface area (Å²) in [4.78, 5) is 72.6. The fourth-order valence-corrected chi connectivity index (χ4v) is 15.1. The van der Waals surface area contributed by atoms with Crippen LogP contribution in [0.15, 0.2) is 127 Å². The summed E-state index contributed by atoms with van der Waals surface area (Å²) < 4.78 is 85.3. The molecule has 0 saturated carbocycles. The van der Waals surface area contributed by atoms with Gasteiger partial charge in [0.2, 0.25) is 0 Å². The Morgan fingerprint density at radius 3 is 0.946 bits per heavy atom. The molecule has 0 aromatic heterocycles. The first kappa shape index (κ1) is 92.7. The zero-order valence-corrected chi connectivity index (χ0v) is 67.3. The van der Waals surface area contributed by atoms with Crippen molar-refractivity contribution in [1.82, 2.24) is 10.6 Å². The topological polar surface area (TPSA) is 308 Å². The first-order valence-corrected chi connectivity index (χ1v) is 36.3. The van der Waals surface area contributed by atoms with Crippen LogP contribution in [0.4, 0.5) is 13.2 Å². The van der Waals surface area contributed by atoms with E-state index in [1.165, 1.54) is 50.6 Å². The number of carboxylic acid groups (broad SMARTS) is 1. The normalized spacial score (nSPS) is 12.7. The number of esters is 2. The Balaban J connectivity index is 0.000000242. The quantitative estimate of drug-likeness (QED) is 0.0374. The predicted octanol–water partition coefficient (Wildman–Crippen LogP) is 15.7. The van der Waals surface area contributed by atoms with E-state index >= 15 is 0 Å². The van der Waals surface area contributed by atoms with Crippen LogP contribution in [0.1, 0.15) is 47.8 Å². The van der Waals surface area contributed by atoms with E-state index in [2.05, 4.69) is 15.4 Å². The number of hydrogen-bond donors (Lipinski definition) is 4. The van der Waals surface area contributed by atoms with Crippen LogP contribution in [0.5, 0.6) is 34.5 Å². The molecule has 3 aliphatic heterocycles. The van der Waals surface area contributed by atoms with Crippen LogP contribution in [0.3, 0.4) is 0 Å². The molecular weight excluding hydrogens is 1730 g/mol. The standard InChI is InChI=1S/C25H18Cl4FNO5.C24H16Cl4FNO5.C18H16Cl2FNO4.C7H3Cl3O.Li.2H2O/c1-34-25(33)19(31-24(32)21-15(26)3-2-4-16(21)27)9-12-5-6-14(23-22(12)35-7-8-36-23)20-17(28)10-13(30)11-18(20)29;25-14-2-1-3-15(26)20(14)23(31)30-18(24(32)33)8-11-4-5-13(22-21(11)34-6-7-35-22)19-16(27)9-12(29)10-17(19)28;1-24-18(23)14(22)6-9-2-3-11(17-16(9)25-4-5-26-17)15-12(19)7-10(21)8-13(15)20;8-4-2-1-3-5(9)6(4)7(10)11;;;/h2-6,10-11,19H,7-9H2,1H3,(H,31,32);1-5,9-10,18H,6-8H2,(H,30,31)(H,32,33);2-3,7-8,14H,4-6,22H2,1H3;1-3H;;2*1H2/q;;;;+1;;/p-1/t19-;18-;14-;;;;/m000..../s1. The maximum atomic E-state index is 13.7. The summed E-state index contributed by atoms with van der Waals surface area (Å²) >= 11 is 78.4. The number of methoxy groups -OCH3 is 2. The Morgan fingerprint density at radius 1 is 0.414 bits per heavy atom. The molecule has 2 amide bonds. The van der Waals surface area contributed by atoms with Gasteiger partial charge in [0, 0.05) is 69.3 Å². The zero-order valence-electron chi connectivity index (χ0n) is 57.5. The second-order valence-electron chi connectivity index (χ2n) is 22.8. The van der Waals surface area contributed by atoms with Crippen LogP contribution in [-0.2, 0) is 43.1 Å². The molecule has 111 heavy (non-hydrogen) atoms. The summed E-state index contributed by atoms with van der Waals surface area (Å²) in [5.74, 6) is -3.44. The summed E-state index contributed by atoms with van der Waals surface area (Å²) in [7, 11) is 2.49. The van der Waals surface area contributed by atoms with Crippen molar-refractivity contribution in [1.29, 1.82) is 0 Å². The number of rotatable bonds is 17. The first-order valence-electron chi connectivity index (χ1n) is 31.4. The van der Waals surface area contributed by atoms with Crippen molar-refractivity contribution in [2.24, 2.45) is 5.73 Å². The van der Waals surface area contributed by atoms with E-state index < -0.39 is 70.5 Å². The molecule has 0 unspecified atom stereocenters. The molecule has 0 aliphatic carbocycles. The Kier molecular flexibility index (Phi) is 35.3. The van der Waals surface area contributed by atoms with Gasteiger partial charge in [-0.25, -0.2) is 22.8 Å². The zero-order chi connectivity index (χ0) is 78.5. The van der Waals surface area contributed by atoms with Crippen molar-refractivity contribution >= 4 is 186 Å². The van der Waals surface area contributed by atoms with Gasteiger partial charge in [-0.05, 0) is 103 Å². The van der Waals surface area contributed by atoms with Gasteiger partial charge in [0.1, 0.15) is 75.2 Å². The minimum Gasteiger partial charge on any atom is -0.870 e. The Labute approximate surface area is 708 Å². The molecule has 3 heterocycles. The second-order valence-corrected chi connectivity index (χ2v) is 28.1. The van der Waals surface area contributed by atoms with E-state index in [1.807, 2.05) is 0 Å². The van der Waals surface area contributed by atoms with Crippen molar-refractivity contribution in [2.75, 3.05) is 53.9 Å². The number of nitrogens with one attached hydrogen (secondary N) is 2. The molecule has 37 heteroatoms. The van der Waals surface area contributed by atoms with Crippen molar-refractivity contribution in [3.05, 3.63) is 238 Å². The van der Waals surface area contributed by atoms with Crippen LogP contribution in [0.25, 0.3) is 33.4 Å². The fourth-order valence-electron chi connectivity index (χ4n) is 11.1. The van der Waals surface area contributed by atoms with Gasteiger partial charge in [-0.3, -0.25) is 19.2 Å². The van der Waals surface area contributed by atoms with Crippen LogP contribution >= 0.6 is 151 Å². The third kappa shape index (κ3) is 22.7. The Bertz CT molecular complexity index is 4870. The molecule has 9 aromatic rings. The van der Waals surface area contributed by atoms with Gasteiger partial charge in [0.15, 0.2) is 34.5 Å². The van der Waals surface area contributed by atoms with Crippen LogP contribution < -0.4 is 63.6 Å². The third-order valence-corrected chi connectivity index (χ3v) is 19.7. The Morgan fingerprint density at radius 2 is 0.676 bits per heavy atom. The molecule has 8 N–H and O–H groups in total. The maximum absolute atomic E-state index is 13.7. The van der Waals surface area contributed by atoms with Gasteiger partial charge in [-0.15, -0.1) is 0 Å². The summed E-state index contributed by atoms with van der Waals surface area (Å²) in [6.45, 7) is 1.63. The number of benzene rings is 9. The number of carbonyl (C=O) groups is 6. The van der Waals surface area contributed by atoms with Crippen LogP contribution in [-0.4, -0.2) is 123 Å². The molecule has 3 aliphatic rings. The molecule has 0 radical (unpaired) electrons. The molecular formula is C74H56Cl13F3LiN3O17. The number of carbonyl (C=O) groups excluding carboxylic acids is 5. The first-order chi connectivity index (χ1) is 51.4. The second kappa shape index (κ2) is 42.3. The molecule has 0 spiro atoms. The van der Waals surface area contributed by atoms with E-state index in [0.717, 1.165) is 24.3 Å². The number of fused-ring (bicyclic) bond motifs is 3. The minimum absolute atomic E-state index is 0. The van der Waals surface area contributed by atoms with Crippen LogP contribution in [0.2, 0.25) is 60.3 Å². The number of ether oxygens (including phenoxy) is 8. The van der Waals surface area contributed by atoms with Crippen molar-refractivity contribution in [3.63, 3.8) is 0 Å². The third-order valence-electron chi connectivity index (χ3n) is 15.9. The van der Waals surface area contributed by atoms with Gasteiger partial charge in [-0.2, -0.15) is 0 Å².